The smallest absolute Gasteiger partial charge is 0.240 e. The quantitative estimate of drug-likeness (QED) is 0.752. The van der Waals surface area contributed by atoms with E-state index in [0.717, 1.165) is 28.3 Å². The number of hydrogen-bond donors (Lipinski definition) is 2. The van der Waals surface area contributed by atoms with E-state index in [9.17, 15) is 4.79 Å². The predicted octanol–water partition coefficient (Wildman–Crippen LogP) is 1.61. The fourth-order valence-electron chi connectivity index (χ4n) is 2.66. The van der Waals surface area contributed by atoms with Crippen molar-refractivity contribution in [1.29, 1.82) is 0 Å². The van der Waals surface area contributed by atoms with Crippen LogP contribution in [0.3, 0.4) is 0 Å². The normalized spacial score (nSPS) is 18.3. The Labute approximate surface area is 126 Å². The van der Waals surface area contributed by atoms with Gasteiger partial charge in [0.1, 0.15) is 6.33 Å². The van der Waals surface area contributed by atoms with Crippen LogP contribution in [0.4, 0.5) is 0 Å². The molecule has 0 saturated carbocycles. The number of aromatic amines is 1. The first-order valence-electron chi connectivity index (χ1n) is 7.05. The summed E-state index contributed by atoms with van der Waals surface area (Å²) in [5.41, 5.74) is 6.22. The van der Waals surface area contributed by atoms with E-state index in [2.05, 4.69) is 25.5 Å². The predicted molar refractivity (Wildman–Crippen MR) is 81.7 cm³/mol. The van der Waals surface area contributed by atoms with Crippen LogP contribution in [0, 0.1) is 5.92 Å². The van der Waals surface area contributed by atoms with Gasteiger partial charge in [0.25, 0.3) is 0 Å². The number of amides is 1. The molecular weight excluding hydrogens is 280 g/mol. The average Bonchev–Trinajstić information content (AvgIpc) is 3.15. The van der Waals surface area contributed by atoms with Crippen molar-refractivity contribution in [2.45, 2.75) is 13.3 Å². The third-order valence-electron chi connectivity index (χ3n) is 3.77. The van der Waals surface area contributed by atoms with E-state index in [1.54, 1.807) is 12.5 Å². The lowest BCUT2D eigenvalue weighted by Crippen LogP contribution is -2.31. The van der Waals surface area contributed by atoms with Crippen LogP contribution in [-0.2, 0) is 4.79 Å². The number of hydrazone groups is 1. The molecule has 1 unspecified atom stereocenters. The summed E-state index contributed by atoms with van der Waals surface area (Å²) in [6, 6.07) is 5.94. The Hall–Kier alpha value is -2.96. The molecule has 1 aliphatic rings. The third-order valence-corrected chi connectivity index (χ3v) is 3.77. The number of benzene rings is 1. The Morgan fingerprint density at radius 2 is 2.27 bits per heavy atom. The summed E-state index contributed by atoms with van der Waals surface area (Å²) in [5.74, 6) is 0.778. The second kappa shape index (κ2) is 4.80. The number of H-pyrrole nitrogens is 1. The van der Waals surface area contributed by atoms with Gasteiger partial charge in [-0.15, -0.1) is 0 Å². The van der Waals surface area contributed by atoms with Crippen LogP contribution in [0.15, 0.2) is 42.0 Å². The molecule has 22 heavy (non-hydrogen) atoms. The molecule has 2 aromatic heterocycles. The maximum atomic E-state index is 11.4. The molecular formula is C15H14N6O. The molecule has 0 saturated heterocycles. The highest BCUT2D eigenvalue weighted by atomic mass is 16.2. The Bertz CT molecular complexity index is 877. The molecule has 110 valence electrons. The number of imidazole rings is 2. The van der Waals surface area contributed by atoms with Gasteiger partial charge in [-0.1, -0.05) is 13.0 Å². The van der Waals surface area contributed by atoms with Gasteiger partial charge in [-0.05, 0) is 12.1 Å². The van der Waals surface area contributed by atoms with E-state index in [4.69, 9.17) is 0 Å². The monoisotopic (exact) mass is 294 g/mol. The molecule has 0 spiro atoms. The molecule has 0 fully saturated rings. The van der Waals surface area contributed by atoms with Crippen LogP contribution in [0.5, 0.6) is 0 Å². The zero-order valence-electron chi connectivity index (χ0n) is 11.9. The van der Waals surface area contributed by atoms with Gasteiger partial charge in [-0.3, -0.25) is 9.36 Å². The maximum absolute atomic E-state index is 11.4. The Balaban J connectivity index is 1.76. The van der Waals surface area contributed by atoms with Gasteiger partial charge in [0.2, 0.25) is 11.9 Å². The first-order valence-corrected chi connectivity index (χ1v) is 7.05. The van der Waals surface area contributed by atoms with Gasteiger partial charge in [-0.25, -0.2) is 15.4 Å². The molecule has 2 N–H and O–H groups in total. The second-order valence-corrected chi connectivity index (χ2v) is 5.40. The molecule has 3 aromatic rings. The van der Waals surface area contributed by atoms with E-state index in [0.29, 0.717) is 6.42 Å². The van der Waals surface area contributed by atoms with Crippen LogP contribution in [0.2, 0.25) is 0 Å². The van der Waals surface area contributed by atoms with Crippen LogP contribution in [0.1, 0.15) is 18.9 Å². The topological polar surface area (TPSA) is 88.0 Å². The molecule has 7 nitrogen and oxygen atoms in total. The summed E-state index contributed by atoms with van der Waals surface area (Å²) < 4.78 is 1.82. The van der Waals surface area contributed by atoms with E-state index >= 15 is 0 Å². The number of aromatic nitrogens is 4. The van der Waals surface area contributed by atoms with Crippen LogP contribution in [0.25, 0.3) is 17.0 Å². The Morgan fingerprint density at radius 1 is 1.36 bits per heavy atom. The number of nitrogens with zero attached hydrogens (tertiary/aromatic N) is 4. The van der Waals surface area contributed by atoms with Gasteiger partial charge in [0, 0.05) is 30.3 Å². The van der Waals surface area contributed by atoms with Gasteiger partial charge in [-0.2, -0.15) is 5.10 Å². The van der Waals surface area contributed by atoms with Gasteiger partial charge >= 0.3 is 0 Å². The van der Waals surface area contributed by atoms with E-state index in [-0.39, 0.29) is 11.8 Å². The third kappa shape index (κ3) is 2.07. The largest absolute Gasteiger partial charge is 0.323 e. The van der Waals surface area contributed by atoms with Crippen LogP contribution < -0.4 is 5.43 Å². The number of rotatable bonds is 2. The first-order chi connectivity index (χ1) is 10.7. The average molecular weight is 294 g/mol. The van der Waals surface area contributed by atoms with Crippen LogP contribution >= 0.6 is 0 Å². The first kappa shape index (κ1) is 12.8. The number of carbonyl (C=O) groups is 1. The molecule has 1 aromatic carbocycles. The minimum Gasteiger partial charge on any atom is -0.323 e. The fraction of sp³-hybridized carbons (Fsp3) is 0.200. The number of fused-ring (bicyclic) bond motifs is 1. The Morgan fingerprint density at radius 3 is 3.05 bits per heavy atom. The summed E-state index contributed by atoms with van der Waals surface area (Å²) in [4.78, 5) is 23.2. The lowest BCUT2D eigenvalue weighted by Gasteiger charge is -2.18. The molecule has 4 rings (SSSR count). The van der Waals surface area contributed by atoms with Crippen LogP contribution in [-0.4, -0.2) is 31.1 Å². The van der Waals surface area contributed by atoms with Crippen molar-refractivity contribution in [2.24, 2.45) is 11.0 Å². The summed E-state index contributed by atoms with van der Waals surface area (Å²) in [6.45, 7) is 2.01. The number of carbonyl (C=O) groups excluding carboxylic acids is 1. The number of hydrogen-bond acceptors (Lipinski definition) is 4. The van der Waals surface area contributed by atoms with Crippen molar-refractivity contribution in [3.63, 3.8) is 0 Å². The van der Waals surface area contributed by atoms with E-state index in [1.165, 1.54) is 0 Å². The van der Waals surface area contributed by atoms with Crippen molar-refractivity contribution in [3.05, 3.63) is 42.5 Å². The molecule has 1 amide bonds. The molecule has 3 heterocycles. The summed E-state index contributed by atoms with van der Waals surface area (Å²) in [7, 11) is 0. The molecule has 7 heteroatoms. The van der Waals surface area contributed by atoms with Crippen molar-refractivity contribution in [1.82, 2.24) is 24.9 Å². The molecule has 0 bridgehead atoms. The fourth-order valence-corrected chi connectivity index (χ4v) is 2.66. The van der Waals surface area contributed by atoms with Crippen molar-refractivity contribution in [2.75, 3.05) is 0 Å². The summed E-state index contributed by atoms with van der Waals surface area (Å²) in [6.07, 6.45) is 5.70. The van der Waals surface area contributed by atoms with Gasteiger partial charge < -0.3 is 4.98 Å². The zero-order valence-corrected chi connectivity index (χ0v) is 11.9. The highest BCUT2D eigenvalue weighted by Crippen LogP contribution is 2.21. The minimum atomic E-state index is -0.0405. The SMILES string of the molecule is CC1CC(=O)NN=C1c1ccc2nc(-n3ccnc3)[nH]c2c1. The van der Waals surface area contributed by atoms with Gasteiger partial charge in [0.05, 0.1) is 16.7 Å². The van der Waals surface area contributed by atoms with Gasteiger partial charge in [0.15, 0.2) is 0 Å². The summed E-state index contributed by atoms with van der Waals surface area (Å²) >= 11 is 0. The Kier molecular flexibility index (Phi) is 2.78. The molecule has 0 aliphatic carbocycles. The lowest BCUT2D eigenvalue weighted by atomic mass is 9.94. The van der Waals surface area contributed by atoms with Crippen molar-refractivity contribution >= 4 is 22.7 Å². The highest BCUT2D eigenvalue weighted by Gasteiger charge is 2.22. The maximum Gasteiger partial charge on any atom is 0.240 e. The zero-order chi connectivity index (χ0) is 15.1. The van der Waals surface area contributed by atoms with Crippen molar-refractivity contribution < 1.29 is 4.79 Å². The molecule has 1 atom stereocenters. The molecule has 0 radical (unpaired) electrons. The van der Waals surface area contributed by atoms with E-state index in [1.807, 2.05) is 35.9 Å². The number of nitrogens with one attached hydrogen (secondary N) is 2. The van der Waals surface area contributed by atoms with Crippen molar-refractivity contribution in [3.8, 4) is 5.95 Å². The standard InChI is InChI=1S/C15H14N6O/c1-9-6-13(22)19-20-14(9)10-2-3-11-12(7-10)18-15(17-11)21-5-4-16-8-21/h2-5,7-9H,6H2,1H3,(H,17,18)(H,19,22). The minimum absolute atomic E-state index is 0.0405. The lowest BCUT2D eigenvalue weighted by molar-refractivity contribution is -0.121. The second-order valence-electron chi connectivity index (χ2n) is 5.40. The summed E-state index contributed by atoms with van der Waals surface area (Å²) in [5, 5.41) is 4.19. The highest BCUT2D eigenvalue weighted by molar-refractivity contribution is 6.07. The molecule has 1 aliphatic heterocycles. The van der Waals surface area contributed by atoms with E-state index < -0.39 is 0 Å².